The number of hydrogen-bond acceptors (Lipinski definition) is 3. The highest BCUT2D eigenvalue weighted by Gasteiger charge is 2.33. The molecule has 1 unspecified atom stereocenters. The molecular formula is C19H28ClN3O2. The van der Waals surface area contributed by atoms with Gasteiger partial charge < -0.3 is 15.5 Å². The molecule has 1 fully saturated rings. The van der Waals surface area contributed by atoms with Crippen molar-refractivity contribution in [2.24, 2.45) is 5.92 Å². The zero-order valence-corrected chi connectivity index (χ0v) is 15.8. The molecule has 2 heterocycles. The first kappa shape index (κ1) is 19.7. The number of nitrogens with zero attached hydrogens (tertiary/aromatic N) is 1. The molecule has 25 heavy (non-hydrogen) atoms. The summed E-state index contributed by atoms with van der Waals surface area (Å²) in [5.41, 5.74) is 2.37. The standard InChI is InChI=1S/C19H27N3O2.ClH/c1-13(2)21-18(23)15-8-11-22(12-9-15)19(24)17-16-6-4-3-5-14(16)7-10-20-17;/h3-6,13,15,17,20H,7-12H2,1-2H3,(H,21,23);1H. The second-order valence-corrected chi connectivity index (χ2v) is 7.10. The van der Waals surface area contributed by atoms with Gasteiger partial charge in [-0.1, -0.05) is 24.3 Å². The fourth-order valence-electron chi connectivity index (χ4n) is 3.67. The molecule has 0 bridgehead atoms. The SMILES string of the molecule is CC(C)NC(=O)C1CCN(C(=O)C2NCCc3ccccc32)CC1.Cl. The van der Waals surface area contributed by atoms with Crippen molar-refractivity contribution < 1.29 is 9.59 Å². The zero-order chi connectivity index (χ0) is 17.1. The molecule has 0 spiro atoms. The predicted molar refractivity (Wildman–Crippen MR) is 101 cm³/mol. The number of benzene rings is 1. The lowest BCUT2D eigenvalue weighted by Gasteiger charge is -2.36. The van der Waals surface area contributed by atoms with Gasteiger partial charge in [0, 0.05) is 31.6 Å². The third kappa shape index (κ3) is 4.53. The van der Waals surface area contributed by atoms with Gasteiger partial charge in [-0.05, 0) is 44.2 Å². The van der Waals surface area contributed by atoms with Gasteiger partial charge in [0.25, 0.3) is 0 Å². The van der Waals surface area contributed by atoms with E-state index < -0.39 is 0 Å². The lowest BCUT2D eigenvalue weighted by molar-refractivity contribution is -0.137. The number of carbonyl (C=O) groups excluding carboxylic acids is 2. The van der Waals surface area contributed by atoms with Crippen molar-refractivity contribution in [2.75, 3.05) is 19.6 Å². The second-order valence-electron chi connectivity index (χ2n) is 7.10. The molecule has 0 saturated carbocycles. The van der Waals surface area contributed by atoms with Crippen LogP contribution in [0.15, 0.2) is 24.3 Å². The van der Waals surface area contributed by atoms with Crippen LogP contribution in [-0.4, -0.2) is 42.4 Å². The normalized spacial score (nSPS) is 20.6. The summed E-state index contributed by atoms with van der Waals surface area (Å²) in [7, 11) is 0. The van der Waals surface area contributed by atoms with E-state index in [9.17, 15) is 9.59 Å². The van der Waals surface area contributed by atoms with Crippen LogP contribution in [-0.2, 0) is 16.0 Å². The number of rotatable bonds is 3. The van der Waals surface area contributed by atoms with Gasteiger partial charge >= 0.3 is 0 Å². The average Bonchev–Trinajstić information content (AvgIpc) is 2.60. The van der Waals surface area contributed by atoms with Crippen LogP contribution in [0.5, 0.6) is 0 Å². The number of hydrogen-bond donors (Lipinski definition) is 2. The van der Waals surface area contributed by atoms with Gasteiger partial charge in [0.1, 0.15) is 6.04 Å². The number of piperidine rings is 1. The highest BCUT2D eigenvalue weighted by molar-refractivity contribution is 5.85. The molecule has 2 aliphatic heterocycles. The molecule has 2 aliphatic rings. The van der Waals surface area contributed by atoms with E-state index in [0.29, 0.717) is 13.1 Å². The van der Waals surface area contributed by atoms with Crippen molar-refractivity contribution in [2.45, 2.75) is 45.2 Å². The highest BCUT2D eigenvalue weighted by Crippen LogP contribution is 2.26. The van der Waals surface area contributed by atoms with Crippen LogP contribution in [0.3, 0.4) is 0 Å². The zero-order valence-electron chi connectivity index (χ0n) is 15.0. The van der Waals surface area contributed by atoms with Gasteiger partial charge in [-0.25, -0.2) is 0 Å². The van der Waals surface area contributed by atoms with Gasteiger partial charge in [0.05, 0.1) is 0 Å². The summed E-state index contributed by atoms with van der Waals surface area (Å²) in [6, 6.07) is 8.11. The predicted octanol–water partition coefficient (Wildman–Crippen LogP) is 2.06. The molecule has 138 valence electrons. The average molecular weight is 366 g/mol. The Labute approximate surface area is 155 Å². The van der Waals surface area contributed by atoms with Gasteiger partial charge in [-0.2, -0.15) is 0 Å². The molecule has 0 aromatic heterocycles. The minimum absolute atomic E-state index is 0. The van der Waals surface area contributed by atoms with E-state index in [1.54, 1.807) is 0 Å². The van der Waals surface area contributed by atoms with E-state index in [1.165, 1.54) is 5.56 Å². The lowest BCUT2D eigenvalue weighted by Crippen LogP contribution is -2.48. The molecule has 1 atom stereocenters. The second kappa shape index (κ2) is 8.68. The van der Waals surface area contributed by atoms with Crippen LogP contribution in [0.4, 0.5) is 0 Å². The van der Waals surface area contributed by atoms with Crippen LogP contribution in [0.1, 0.15) is 43.9 Å². The number of halogens is 1. The van der Waals surface area contributed by atoms with E-state index in [1.807, 2.05) is 36.9 Å². The number of likely N-dealkylation sites (tertiary alicyclic amines) is 1. The molecule has 1 aromatic carbocycles. The van der Waals surface area contributed by atoms with Crippen molar-refractivity contribution >= 4 is 24.2 Å². The largest absolute Gasteiger partial charge is 0.354 e. The van der Waals surface area contributed by atoms with Crippen molar-refractivity contribution in [1.29, 1.82) is 0 Å². The monoisotopic (exact) mass is 365 g/mol. The molecule has 5 nitrogen and oxygen atoms in total. The van der Waals surface area contributed by atoms with E-state index in [2.05, 4.69) is 16.7 Å². The molecule has 3 rings (SSSR count). The topological polar surface area (TPSA) is 61.4 Å². The summed E-state index contributed by atoms with van der Waals surface area (Å²) in [6.07, 6.45) is 2.47. The number of amides is 2. The van der Waals surface area contributed by atoms with Crippen LogP contribution in [0.2, 0.25) is 0 Å². The number of fused-ring (bicyclic) bond motifs is 1. The highest BCUT2D eigenvalue weighted by atomic mass is 35.5. The quantitative estimate of drug-likeness (QED) is 0.861. The Balaban J connectivity index is 0.00000225. The Morgan fingerprint density at radius 1 is 1.20 bits per heavy atom. The van der Waals surface area contributed by atoms with Gasteiger partial charge in [0.15, 0.2) is 0 Å². The third-order valence-electron chi connectivity index (χ3n) is 4.96. The van der Waals surface area contributed by atoms with Gasteiger partial charge in [-0.15, -0.1) is 12.4 Å². The van der Waals surface area contributed by atoms with Crippen LogP contribution in [0.25, 0.3) is 0 Å². The molecular weight excluding hydrogens is 338 g/mol. The molecule has 0 radical (unpaired) electrons. The molecule has 1 aromatic rings. The molecule has 2 amide bonds. The maximum atomic E-state index is 12.9. The van der Waals surface area contributed by atoms with Crippen molar-refractivity contribution in [3.63, 3.8) is 0 Å². The first-order chi connectivity index (χ1) is 11.6. The molecule has 0 aliphatic carbocycles. The van der Waals surface area contributed by atoms with Gasteiger partial charge in [-0.3, -0.25) is 9.59 Å². The van der Waals surface area contributed by atoms with Crippen LogP contribution in [0, 0.1) is 5.92 Å². The van der Waals surface area contributed by atoms with Crippen molar-refractivity contribution in [3.05, 3.63) is 35.4 Å². The minimum atomic E-state index is -0.240. The fraction of sp³-hybridized carbons (Fsp3) is 0.579. The van der Waals surface area contributed by atoms with Crippen LogP contribution < -0.4 is 10.6 Å². The maximum Gasteiger partial charge on any atom is 0.244 e. The molecule has 2 N–H and O–H groups in total. The summed E-state index contributed by atoms with van der Waals surface area (Å²) in [5, 5.41) is 6.34. The Hall–Kier alpha value is -1.59. The van der Waals surface area contributed by atoms with E-state index in [4.69, 9.17) is 0 Å². The Kier molecular flexibility index (Phi) is 6.85. The summed E-state index contributed by atoms with van der Waals surface area (Å²) >= 11 is 0. The first-order valence-electron chi connectivity index (χ1n) is 8.96. The molecule has 6 heteroatoms. The Bertz CT molecular complexity index is 612. The summed E-state index contributed by atoms with van der Waals surface area (Å²) < 4.78 is 0. The summed E-state index contributed by atoms with van der Waals surface area (Å²) in [5.74, 6) is 0.297. The number of nitrogens with one attached hydrogen (secondary N) is 2. The van der Waals surface area contributed by atoms with E-state index in [0.717, 1.165) is 31.4 Å². The summed E-state index contributed by atoms with van der Waals surface area (Å²) in [6.45, 7) is 6.11. The fourth-order valence-corrected chi connectivity index (χ4v) is 3.67. The summed E-state index contributed by atoms with van der Waals surface area (Å²) in [4.78, 5) is 27.0. The van der Waals surface area contributed by atoms with Crippen molar-refractivity contribution in [3.8, 4) is 0 Å². The third-order valence-corrected chi connectivity index (χ3v) is 4.96. The minimum Gasteiger partial charge on any atom is -0.354 e. The van der Waals surface area contributed by atoms with E-state index >= 15 is 0 Å². The smallest absolute Gasteiger partial charge is 0.244 e. The lowest BCUT2D eigenvalue weighted by atomic mass is 9.91. The van der Waals surface area contributed by atoms with Gasteiger partial charge in [0.2, 0.25) is 11.8 Å². The Morgan fingerprint density at radius 3 is 2.56 bits per heavy atom. The number of carbonyl (C=O) groups is 2. The molecule has 1 saturated heterocycles. The Morgan fingerprint density at radius 2 is 1.88 bits per heavy atom. The van der Waals surface area contributed by atoms with E-state index in [-0.39, 0.29) is 42.2 Å². The maximum absolute atomic E-state index is 12.9. The van der Waals surface area contributed by atoms with Crippen molar-refractivity contribution in [1.82, 2.24) is 15.5 Å². The first-order valence-corrected chi connectivity index (χ1v) is 8.96. The van der Waals surface area contributed by atoms with Crippen LogP contribution >= 0.6 is 12.4 Å².